The zero-order valence-electron chi connectivity index (χ0n) is 15.4. The third kappa shape index (κ3) is 4.83. The molecule has 0 radical (unpaired) electrons. The Morgan fingerprint density at radius 1 is 1.15 bits per heavy atom. The zero-order chi connectivity index (χ0) is 19.3. The molecule has 0 spiro atoms. The zero-order valence-corrected chi connectivity index (χ0v) is 16.2. The van der Waals surface area contributed by atoms with Gasteiger partial charge in [0.1, 0.15) is 5.75 Å². The molecule has 0 fully saturated rings. The van der Waals surface area contributed by atoms with Gasteiger partial charge in [0.2, 0.25) is 15.9 Å². The molecule has 0 saturated carbocycles. The Labute approximate surface area is 154 Å². The van der Waals surface area contributed by atoms with E-state index >= 15 is 0 Å². The Morgan fingerprint density at radius 2 is 1.81 bits per heavy atom. The van der Waals surface area contributed by atoms with Crippen LogP contribution in [0.3, 0.4) is 0 Å². The SMILES string of the molecule is CC[C@H](NS(=O)(=O)c1ccc(NC(C)=O)cc1)c1ccc(OC)c(C)c1. The quantitative estimate of drug-likeness (QED) is 0.776. The summed E-state index contributed by atoms with van der Waals surface area (Å²) in [4.78, 5) is 11.2. The fourth-order valence-corrected chi connectivity index (χ4v) is 3.99. The molecule has 2 aromatic rings. The number of anilines is 1. The van der Waals surface area contributed by atoms with Gasteiger partial charge in [-0.05, 0) is 54.8 Å². The highest BCUT2D eigenvalue weighted by Crippen LogP contribution is 2.26. The van der Waals surface area contributed by atoms with E-state index in [0.29, 0.717) is 12.1 Å². The van der Waals surface area contributed by atoms with Crippen molar-refractivity contribution >= 4 is 21.6 Å². The highest BCUT2D eigenvalue weighted by Gasteiger charge is 2.21. The lowest BCUT2D eigenvalue weighted by Gasteiger charge is -2.19. The standard InChI is InChI=1S/C19H24N2O4S/c1-5-18(15-6-11-19(25-4)13(2)12-15)21-26(23,24)17-9-7-16(8-10-17)20-14(3)22/h6-12,18,21H,5H2,1-4H3,(H,20,22)/t18-/m0/s1. The molecule has 0 aliphatic rings. The van der Waals surface area contributed by atoms with Crippen LogP contribution in [0, 0.1) is 6.92 Å². The number of hydrogen-bond donors (Lipinski definition) is 2. The number of sulfonamides is 1. The van der Waals surface area contributed by atoms with Crippen LogP contribution in [-0.2, 0) is 14.8 Å². The van der Waals surface area contributed by atoms with Crippen LogP contribution < -0.4 is 14.8 Å². The lowest BCUT2D eigenvalue weighted by molar-refractivity contribution is -0.114. The molecule has 0 saturated heterocycles. The van der Waals surface area contributed by atoms with Crippen LogP contribution in [0.4, 0.5) is 5.69 Å². The number of hydrogen-bond acceptors (Lipinski definition) is 4. The fourth-order valence-electron chi connectivity index (χ4n) is 2.68. The van der Waals surface area contributed by atoms with Gasteiger partial charge in [0.05, 0.1) is 12.0 Å². The second-order valence-electron chi connectivity index (χ2n) is 6.02. The first-order chi connectivity index (χ1) is 12.3. The van der Waals surface area contributed by atoms with Gasteiger partial charge >= 0.3 is 0 Å². The molecule has 2 N–H and O–H groups in total. The number of carbonyl (C=O) groups excluding carboxylic acids is 1. The Hall–Kier alpha value is -2.38. The van der Waals surface area contributed by atoms with Crippen molar-refractivity contribution in [3.63, 3.8) is 0 Å². The molecule has 6 nitrogen and oxygen atoms in total. The maximum absolute atomic E-state index is 12.7. The maximum Gasteiger partial charge on any atom is 0.241 e. The number of rotatable bonds is 7. The number of ether oxygens (including phenoxy) is 1. The van der Waals surface area contributed by atoms with Crippen molar-refractivity contribution in [3.8, 4) is 5.75 Å². The van der Waals surface area contributed by atoms with Gasteiger partial charge in [-0.25, -0.2) is 13.1 Å². The Kier molecular flexibility index (Phi) is 6.39. The van der Waals surface area contributed by atoms with Crippen LogP contribution in [0.25, 0.3) is 0 Å². The molecule has 1 amide bonds. The van der Waals surface area contributed by atoms with Crippen molar-refractivity contribution in [2.75, 3.05) is 12.4 Å². The average Bonchev–Trinajstić information content (AvgIpc) is 2.59. The van der Waals surface area contributed by atoms with Crippen LogP contribution in [0.2, 0.25) is 0 Å². The molecule has 7 heteroatoms. The highest BCUT2D eigenvalue weighted by molar-refractivity contribution is 7.89. The summed E-state index contributed by atoms with van der Waals surface area (Å²) in [6.45, 7) is 5.24. The van der Waals surface area contributed by atoms with Crippen molar-refractivity contribution < 1.29 is 17.9 Å². The number of aryl methyl sites for hydroxylation is 1. The molecular weight excluding hydrogens is 352 g/mol. The molecule has 0 aliphatic heterocycles. The second kappa shape index (κ2) is 8.33. The number of methoxy groups -OCH3 is 1. The smallest absolute Gasteiger partial charge is 0.241 e. The molecule has 1 atom stereocenters. The van der Waals surface area contributed by atoms with Crippen LogP contribution in [0.1, 0.15) is 37.4 Å². The van der Waals surface area contributed by atoms with E-state index in [0.717, 1.165) is 16.9 Å². The molecule has 0 bridgehead atoms. The van der Waals surface area contributed by atoms with Gasteiger partial charge in [0.15, 0.2) is 0 Å². The van der Waals surface area contributed by atoms with E-state index in [1.165, 1.54) is 19.1 Å². The molecule has 26 heavy (non-hydrogen) atoms. The van der Waals surface area contributed by atoms with Crippen LogP contribution in [-0.4, -0.2) is 21.4 Å². The molecule has 140 valence electrons. The minimum absolute atomic E-state index is 0.148. The second-order valence-corrected chi connectivity index (χ2v) is 7.73. The highest BCUT2D eigenvalue weighted by atomic mass is 32.2. The maximum atomic E-state index is 12.7. The summed E-state index contributed by atoms with van der Waals surface area (Å²) in [5.41, 5.74) is 2.38. The van der Waals surface area contributed by atoms with Gasteiger partial charge in [-0.15, -0.1) is 0 Å². The predicted molar refractivity (Wildman–Crippen MR) is 102 cm³/mol. The van der Waals surface area contributed by atoms with Crippen LogP contribution in [0.15, 0.2) is 47.4 Å². The first-order valence-corrected chi connectivity index (χ1v) is 9.79. The number of carbonyl (C=O) groups is 1. The summed E-state index contributed by atoms with van der Waals surface area (Å²) < 4.78 is 33.4. The first kappa shape index (κ1) is 19.9. The summed E-state index contributed by atoms with van der Waals surface area (Å²) in [6.07, 6.45) is 0.606. The van der Waals surface area contributed by atoms with Crippen LogP contribution >= 0.6 is 0 Å². The summed E-state index contributed by atoms with van der Waals surface area (Å²) in [6, 6.07) is 11.4. The largest absolute Gasteiger partial charge is 0.496 e. The lowest BCUT2D eigenvalue weighted by atomic mass is 10.0. The normalized spacial score (nSPS) is 12.5. The third-order valence-corrected chi connectivity index (χ3v) is 5.50. The van der Waals surface area contributed by atoms with Gasteiger partial charge in [0, 0.05) is 18.7 Å². The van der Waals surface area contributed by atoms with Crippen molar-refractivity contribution in [1.29, 1.82) is 0 Å². The molecule has 2 rings (SSSR count). The third-order valence-electron chi connectivity index (χ3n) is 4.01. The first-order valence-electron chi connectivity index (χ1n) is 8.31. The Morgan fingerprint density at radius 3 is 2.31 bits per heavy atom. The van der Waals surface area contributed by atoms with E-state index in [1.54, 1.807) is 19.2 Å². The van der Waals surface area contributed by atoms with E-state index in [1.807, 2.05) is 32.0 Å². The van der Waals surface area contributed by atoms with Gasteiger partial charge < -0.3 is 10.1 Å². The van der Waals surface area contributed by atoms with E-state index < -0.39 is 10.0 Å². The molecule has 2 aromatic carbocycles. The van der Waals surface area contributed by atoms with Crippen molar-refractivity contribution in [3.05, 3.63) is 53.6 Å². The summed E-state index contributed by atoms with van der Waals surface area (Å²) in [5, 5.41) is 2.61. The Balaban J connectivity index is 2.22. The van der Waals surface area contributed by atoms with Gasteiger partial charge in [-0.2, -0.15) is 0 Å². The van der Waals surface area contributed by atoms with Gasteiger partial charge in [-0.3, -0.25) is 4.79 Å². The minimum atomic E-state index is -3.69. The predicted octanol–water partition coefficient (Wildman–Crippen LogP) is 3.39. The minimum Gasteiger partial charge on any atom is -0.496 e. The van der Waals surface area contributed by atoms with Crippen molar-refractivity contribution in [2.45, 2.75) is 38.1 Å². The molecule has 0 heterocycles. The average molecular weight is 376 g/mol. The monoisotopic (exact) mass is 376 g/mol. The van der Waals surface area contributed by atoms with Gasteiger partial charge in [-0.1, -0.05) is 19.1 Å². The lowest BCUT2D eigenvalue weighted by Crippen LogP contribution is -2.28. The number of benzene rings is 2. The topological polar surface area (TPSA) is 84.5 Å². The number of nitrogens with one attached hydrogen (secondary N) is 2. The van der Waals surface area contributed by atoms with E-state index in [9.17, 15) is 13.2 Å². The molecule has 0 aliphatic carbocycles. The van der Waals surface area contributed by atoms with Gasteiger partial charge in [0.25, 0.3) is 0 Å². The van der Waals surface area contributed by atoms with E-state index in [2.05, 4.69) is 10.0 Å². The summed E-state index contributed by atoms with van der Waals surface area (Å²) in [7, 11) is -2.08. The molecule has 0 unspecified atom stereocenters. The van der Waals surface area contributed by atoms with E-state index in [-0.39, 0.29) is 16.8 Å². The van der Waals surface area contributed by atoms with Crippen LogP contribution in [0.5, 0.6) is 5.75 Å². The summed E-state index contributed by atoms with van der Waals surface area (Å²) in [5.74, 6) is 0.555. The molecule has 0 aromatic heterocycles. The number of amides is 1. The van der Waals surface area contributed by atoms with Crippen molar-refractivity contribution in [2.24, 2.45) is 0 Å². The van der Waals surface area contributed by atoms with Crippen molar-refractivity contribution in [1.82, 2.24) is 4.72 Å². The fraction of sp³-hybridized carbons (Fsp3) is 0.316. The molecular formula is C19H24N2O4S. The summed E-state index contributed by atoms with van der Waals surface area (Å²) >= 11 is 0. The Bertz CT molecular complexity index is 877. The van der Waals surface area contributed by atoms with E-state index in [4.69, 9.17) is 4.74 Å².